The molecule has 0 bridgehead atoms. The summed E-state index contributed by atoms with van der Waals surface area (Å²) >= 11 is 0. The number of nitrogens with one attached hydrogen (secondary N) is 2. The number of aryl methyl sites for hydroxylation is 2. The van der Waals surface area contributed by atoms with E-state index in [1.807, 2.05) is 45.9 Å². The van der Waals surface area contributed by atoms with Crippen molar-refractivity contribution < 1.29 is 19.1 Å². The van der Waals surface area contributed by atoms with Crippen molar-refractivity contribution in [2.24, 2.45) is 0 Å². The highest BCUT2D eigenvalue weighted by molar-refractivity contribution is 5.92. The van der Waals surface area contributed by atoms with Gasteiger partial charge in [-0.1, -0.05) is 18.2 Å². The molecule has 0 spiro atoms. The van der Waals surface area contributed by atoms with Crippen LogP contribution in [0.4, 0.5) is 4.79 Å². The normalized spacial score (nSPS) is 16.0. The molecule has 3 amide bonds. The summed E-state index contributed by atoms with van der Waals surface area (Å²) in [5.41, 5.74) is 2.29. The molecule has 2 rings (SSSR count). The molecule has 1 fully saturated rings. The van der Waals surface area contributed by atoms with Crippen LogP contribution in [0, 0.1) is 13.8 Å². The van der Waals surface area contributed by atoms with Gasteiger partial charge in [0.05, 0.1) is 0 Å². The van der Waals surface area contributed by atoms with E-state index < -0.39 is 23.8 Å². The van der Waals surface area contributed by atoms with Crippen molar-refractivity contribution in [3.05, 3.63) is 34.9 Å². The number of ether oxygens (including phenoxy) is 1. The lowest BCUT2D eigenvalue weighted by molar-refractivity contribution is -0.147. The topological polar surface area (TPSA) is 87.7 Å². The Hall–Kier alpha value is -2.57. The Bertz CT molecular complexity index is 840. The van der Waals surface area contributed by atoms with E-state index in [4.69, 9.17) is 4.74 Å². The lowest BCUT2D eigenvalue weighted by Gasteiger charge is -2.43. The molecule has 0 aliphatic heterocycles. The highest BCUT2D eigenvalue weighted by Gasteiger charge is 2.41. The molecule has 1 aromatic rings. The van der Waals surface area contributed by atoms with Crippen LogP contribution in [0.15, 0.2) is 18.2 Å². The van der Waals surface area contributed by atoms with Gasteiger partial charge in [-0.25, -0.2) is 4.79 Å². The minimum atomic E-state index is -0.827. The summed E-state index contributed by atoms with van der Waals surface area (Å²) in [5.74, 6) is -0.504. The first-order valence-electron chi connectivity index (χ1n) is 11.5. The number of hydrogen-bond acceptors (Lipinski definition) is 4. The first kappa shape index (κ1) is 25.7. The zero-order valence-corrected chi connectivity index (χ0v) is 20.7. The summed E-state index contributed by atoms with van der Waals surface area (Å²) in [6, 6.07) is 4.17. The van der Waals surface area contributed by atoms with E-state index in [1.54, 1.807) is 32.6 Å². The van der Waals surface area contributed by atoms with Crippen LogP contribution >= 0.6 is 0 Å². The number of nitrogens with zero attached hydrogens (tertiary/aromatic N) is 1. The van der Waals surface area contributed by atoms with Gasteiger partial charge in [0.15, 0.2) is 0 Å². The van der Waals surface area contributed by atoms with Crippen molar-refractivity contribution in [1.29, 1.82) is 0 Å². The summed E-state index contributed by atoms with van der Waals surface area (Å²) in [6.07, 6.45) is 2.03. The Kier molecular flexibility index (Phi) is 8.32. The highest BCUT2D eigenvalue weighted by Crippen LogP contribution is 2.34. The van der Waals surface area contributed by atoms with Crippen LogP contribution in [0.2, 0.25) is 0 Å². The first-order chi connectivity index (χ1) is 14.8. The number of hydrogen-bond donors (Lipinski definition) is 2. The van der Waals surface area contributed by atoms with Crippen molar-refractivity contribution in [2.45, 2.75) is 104 Å². The maximum atomic E-state index is 13.6. The molecule has 32 heavy (non-hydrogen) atoms. The Morgan fingerprint density at radius 2 is 1.66 bits per heavy atom. The summed E-state index contributed by atoms with van der Waals surface area (Å²) in [6.45, 7) is 14.8. The van der Waals surface area contributed by atoms with Gasteiger partial charge in [-0.15, -0.1) is 0 Å². The van der Waals surface area contributed by atoms with E-state index in [2.05, 4.69) is 10.6 Å². The van der Waals surface area contributed by atoms with Gasteiger partial charge < -0.3 is 20.3 Å². The third-order valence-electron chi connectivity index (χ3n) is 5.63. The molecule has 1 aliphatic rings. The van der Waals surface area contributed by atoms with Gasteiger partial charge in [0.1, 0.15) is 17.7 Å². The average molecular weight is 446 g/mol. The molecule has 1 aromatic carbocycles. The van der Waals surface area contributed by atoms with Crippen molar-refractivity contribution in [3.8, 4) is 0 Å². The first-order valence-corrected chi connectivity index (χ1v) is 11.5. The summed E-state index contributed by atoms with van der Waals surface area (Å²) < 4.78 is 5.31. The maximum absolute atomic E-state index is 13.6. The highest BCUT2D eigenvalue weighted by atomic mass is 16.6. The predicted molar refractivity (Wildman–Crippen MR) is 125 cm³/mol. The number of alkyl carbamates (subject to hydrolysis) is 1. The summed E-state index contributed by atoms with van der Waals surface area (Å²) in [4.78, 5) is 40.9. The standard InChI is InChI=1S/C25H39N3O4/c1-15(2)26-22(29)21(19-13-12-16(3)17(4)14-19)28(20-10-9-11-20)23(30)18(5)27-24(31)32-25(6,7)8/h12-15,18,20-21H,9-11H2,1-8H3,(H,26,29)(H,27,31). The lowest BCUT2D eigenvalue weighted by atomic mass is 9.87. The van der Waals surface area contributed by atoms with Gasteiger partial charge in [-0.2, -0.15) is 0 Å². The number of benzene rings is 1. The van der Waals surface area contributed by atoms with Crippen molar-refractivity contribution in [2.75, 3.05) is 0 Å². The zero-order valence-electron chi connectivity index (χ0n) is 20.7. The zero-order chi connectivity index (χ0) is 24.2. The van der Waals surface area contributed by atoms with Gasteiger partial charge >= 0.3 is 6.09 Å². The molecule has 2 N–H and O–H groups in total. The quantitative estimate of drug-likeness (QED) is 0.660. The Morgan fingerprint density at radius 3 is 2.12 bits per heavy atom. The molecule has 178 valence electrons. The Morgan fingerprint density at radius 1 is 1.03 bits per heavy atom. The van der Waals surface area contributed by atoms with Crippen LogP contribution in [0.5, 0.6) is 0 Å². The van der Waals surface area contributed by atoms with Crippen molar-refractivity contribution >= 4 is 17.9 Å². The Balaban J connectivity index is 2.39. The van der Waals surface area contributed by atoms with Gasteiger partial charge in [-0.3, -0.25) is 9.59 Å². The van der Waals surface area contributed by atoms with E-state index >= 15 is 0 Å². The molecule has 0 heterocycles. The van der Waals surface area contributed by atoms with Gasteiger partial charge in [0, 0.05) is 12.1 Å². The molecule has 7 nitrogen and oxygen atoms in total. The minimum Gasteiger partial charge on any atom is -0.444 e. The van der Waals surface area contributed by atoms with Crippen molar-refractivity contribution in [1.82, 2.24) is 15.5 Å². The molecule has 2 atom stereocenters. The van der Waals surface area contributed by atoms with Crippen LogP contribution in [-0.2, 0) is 14.3 Å². The largest absolute Gasteiger partial charge is 0.444 e. The average Bonchev–Trinajstić information content (AvgIpc) is 2.59. The lowest BCUT2D eigenvalue weighted by Crippen LogP contribution is -2.57. The van der Waals surface area contributed by atoms with E-state index in [0.29, 0.717) is 0 Å². The number of carbonyl (C=O) groups is 3. The Labute approximate surface area is 192 Å². The van der Waals surface area contributed by atoms with E-state index in [1.165, 1.54) is 0 Å². The predicted octanol–water partition coefficient (Wildman–Crippen LogP) is 4.16. The molecule has 0 aromatic heterocycles. The molecule has 0 radical (unpaired) electrons. The van der Waals surface area contributed by atoms with Crippen LogP contribution < -0.4 is 10.6 Å². The SMILES string of the molecule is Cc1ccc(C(C(=O)NC(C)C)N(C(=O)C(C)NC(=O)OC(C)(C)C)C2CCC2)cc1C. The van der Waals surface area contributed by atoms with E-state index in [9.17, 15) is 14.4 Å². The molecule has 7 heteroatoms. The molecular formula is C25H39N3O4. The van der Waals surface area contributed by atoms with Crippen molar-refractivity contribution in [3.63, 3.8) is 0 Å². The van der Waals surface area contributed by atoms with Gasteiger partial charge in [-0.05, 0) is 91.3 Å². The maximum Gasteiger partial charge on any atom is 0.408 e. The second-order valence-corrected chi connectivity index (χ2v) is 10.1. The summed E-state index contributed by atoms with van der Waals surface area (Å²) in [7, 11) is 0. The monoisotopic (exact) mass is 445 g/mol. The molecular weight excluding hydrogens is 406 g/mol. The molecule has 0 saturated heterocycles. The third-order valence-corrected chi connectivity index (χ3v) is 5.63. The fourth-order valence-corrected chi connectivity index (χ4v) is 3.69. The van der Waals surface area contributed by atoms with Crippen LogP contribution in [-0.4, -0.2) is 46.5 Å². The molecule has 2 unspecified atom stereocenters. The fourth-order valence-electron chi connectivity index (χ4n) is 3.69. The fraction of sp³-hybridized carbons (Fsp3) is 0.640. The third kappa shape index (κ3) is 6.71. The number of carbonyl (C=O) groups excluding carboxylic acids is 3. The van der Waals surface area contributed by atoms with Gasteiger partial charge in [0.2, 0.25) is 11.8 Å². The summed E-state index contributed by atoms with van der Waals surface area (Å²) in [5, 5.41) is 5.62. The van der Waals surface area contributed by atoms with Gasteiger partial charge in [0.25, 0.3) is 0 Å². The van der Waals surface area contributed by atoms with E-state index in [-0.39, 0.29) is 23.9 Å². The number of rotatable bonds is 7. The number of amides is 3. The van der Waals surface area contributed by atoms with Crippen LogP contribution in [0.1, 0.15) is 83.5 Å². The smallest absolute Gasteiger partial charge is 0.408 e. The van der Waals surface area contributed by atoms with Crippen LogP contribution in [0.25, 0.3) is 0 Å². The van der Waals surface area contributed by atoms with Crippen LogP contribution in [0.3, 0.4) is 0 Å². The second-order valence-electron chi connectivity index (χ2n) is 10.1. The van der Waals surface area contributed by atoms with E-state index in [0.717, 1.165) is 36.0 Å². The second kappa shape index (κ2) is 10.4. The molecule has 1 saturated carbocycles. The minimum absolute atomic E-state index is 0.0464. The molecule has 1 aliphatic carbocycles.